The van der Waals surface area contributed by atoms with Crippen LogP contribution in [0, 0.1) is 10.1 Å². The molecule has 0 atom stereocenters. The van der Waals surface area contributed by atoms with Crippen molar-refractivity contribution < 1.29 is 18.1 Å². The second kappa shape index (κ2) is 5.82. The minimum Gasteiger partial charge on any atom is -0.383 e. The summed E-state index contributed by atoms with van der Waals surface area (Å²) in [5.74, 6) is -0.980. The fourth-order valence-electron chi connectivity index (χ4n) is 1.35. The number of amides is 1. The molecule has 0 spiro atoms. The zero-order valence-electron chi connectivity index (χ0n) is 10.9. The van der Waals surface area contributed by atoms with Crippen molar-refractivity contribution in [2.24, 2.45) is 0 Å². The standard InChI is InChI=1S/C10H14N4O5S/c1-13(3-4-20(2,18)19)10(15)8-5-7(14(16)17)6-12-9(8)11/h5-6H,3-4H2,1-2H3,(H2,11,12). The summed E-state index contributed by atoms with van der Waals surface area (Å²) < 4.78 is 22.1. The van der Waals surface area contributed by atoms with E-state index >= 15 is 0 Å². The molecule has 1 heterocycles. The molecule has 2 N–H and O–H groups in total. The van der Waals surface area contributed by atoms with Crippen molar-refractivity contribution in [3.05, 3.63) is 27.9 Å². The van der Waals surface area contributed by atoms with Crippen molar-refractivity contribution in [2.45, 2.75) is 0 Å². The van der Waals surface area contributed by atoms with Gasteiger partial charge in [-0.2, -0.15) is 0 Å². The molecule has 1 amide bonds. The lowest BCUT2D eigenvalue weighted by Crippen LogP contribution is -2.32. The largest absolute Gasteiger partial charge is 0.383 e. The van der Waals surface area contributed by atoms with Gasteiger partial charge in [-0.3, -0.25) is 14.9 Å². The molecule has 0 aromatic carbocycles. The number of carbonyl (C=O) groups is 1. The first kappa shape index (κ1) is 15.8. The van der Waals surface area contributed by atoms with Crippen LogP contribution in [0.25, 0.3) is 0 Å². The first-order chi connectivity index (χ1) is 9.11. The number of hydrogen-bond acceptors (Lipinski definition) is 7. The molecule has 0 fully saturated rings. The van der Waals surface area contributed by atoms with E-state index in [9.17, 15) is 23.3 Å². The quantitative estimate of drug-likeness (QED) is 0.581. The van der Waals surface area contributed by atoms with Gasteiger partial charge < -0.3 is 10.6 Å². The van der Waals surface area contributed by atoms with Gasteiger partial charge in [0.1, 0.15) is 21.9 Å². The number of nitrogen functional groups attached to an aromatic ring is 1. The van der Waals surface area contributed by atoms with Gasteiger partial charge in [-0.1, -0.05) is 0 Å². The van der Waals surface area contributed by atoms with Crippen molar-refractivity contribution in [1.82, 2.24) is 9.88 Å². The van der Waals surface area contributed by atoms with E-state index in [4.69, 9.17) is 5.73 Å². The molecule has 1 rings (SSSR count). The summed E-state index contributed by atoms with van der Waals surface area (Å²) in [6.07, 6.45) is 2.00. The van der Waals surface area contributed by atoms with E-state index in [0.717, 1.165) is 23.4 Å². The topological polar surface area (TPSA) is 136 Å². The molecule has 0 aliphatic rings. The molecule has 110 valence electrons. The fraction of sp³-hybridized carbons (Fsp3) is 0.400. The number of aromatic nitrogens is 1. The molecular weight excluding hydrogens is 288 g/mol. The van der Waals surface area contributed by atoms with Crippen molar-refractivity contribution in [1.29, 1.82) is 0 Å². The van der Waals surface area contributed by atoms with Crippen LogP contribution in [0.1, 0.15) is 10.4 Å². The van der Waals surface area contributed by atoms with E-state index in [2.05, 4.69) is 4.98 Å². The first-order valence-electron chi connectivity index (χ1n) is 5.45. The van der Waals surface area contributed by atoms with Crippen LogP contribution in [0.15, 0.2) is 12.3 Å². The van der Waals surface area contributed by atoms with Crippen molar-refractivity contribution in [3.63, 3.8) is 0 Å². The van der Waals surface area contributed by atoms with E-state index in [-0.39, 0.29) is 29.4 Å². The number of rotatable bonds is 5. The Morgan fingerprint density at radius 1 is 1.55 bits per heavy atom. The Kier molecular flexibility index (Phi) is 4.61. The Morgan fingerprint density at radius 3 is 2.65 bits per heavy atom. The fourth-order valence-corrected chi connectivity index (χ4v) is 1.95. The minimum atomic E-state index is -3.22. The summed E-state index contributed by atoms with van der Waals surface area (Å²) >= 11 is 0. The maximum absolute atomic E-state index is 12.0. The number of pyridine rings is 1. The summed E-state index contributed by atoms with van der Waals surface area (Å²) in [5, 5.41) is 10.6. The monoisotopic (exact) mass is 302 g/mol. The van der Waals surface area contributed by atoms with Gasteiger partial charge in [-0.05, 0) is 0 Å². The molecule has 1 aromatic rings. The van der Waals surface area contributed by atoms with Crippen LogP contribution in [0.4, 0.5) is 11.5 Å². The number of nitro groups is 1. The minimum absolute atomic E-state index is 0.0419. The van der Waals surface area contributed by atoms with Gasteiger partial charge in [0.15, 0.2) is 0 Å². The average Bonchev–Trinajstić information content (AvgIpc) is 2.34. The van der Waals surface area contributed by atoms with Crippen molar-refractivity contribution >= 4 is 27.2 Å². The number of carbonyl (C=O) groups excluding carboxylic acids is 1. The van der Waals surface area contributed by atoms with Gasteiger partial charge in [0.2, 0.25) is 0 Å². The molecular formula is C10H14N4O5S. The number of hydrogen-bond donors (Lipinski definition) is 1. The van der Waals surface area contributed by atoms with Gasteiger partial charge >= 0.3 is 0 Å². The predicted octanol–water partition coefficient (Wildman–Crippen LogP) is -0.311. The highest BCUT2D eigenvalue weighted by atomic mass is 32.2. The highest BCUT2D eigenvalue weighted by Crippen LogP contribution is 2.18. The Labute approximate surface area is 115 Å². The van der Waals surface area contributed by atoms with Crippen LogP contribution in [0.5, 0.6) is 0 Å². The first-order valence-corrected chi connectivity index (χ1v) is 7.51. The van der Waals surface area contributed by atoms with Crippen LogP contribution in [-0.4, -0.2) is 54.7 Å². The van der Waals surface area contributed by atoms with Gasteiger partial charge in [0.05, 0.1) is 16.2 Å². The van der Waals surface area contributed by atoms with E-state index in [1.165, 1.54) is 7.05 Å². The SMILES string of the molecule is CN(CCS(C)(=O)=O)C(=O)c1cc([N+](=O)[O-])cnc1N. The lowest BCUT2D eigenvalue weighted by molar-refractivity contribution is -0.385. The number of anilines is 1. The third kappa shape index (κ3) is 4.16. The van der Waals surface area contributed by atoms with Gasteiger partial charge in [0.25, 0.3) is 11.6 Å². The Hall–Kier alpha value is -2.23. The molecule has 0 radical (unpaired) electrons. The highest BCUT2D eigenvalue weighted by Gasteiger charge is 2.20. The third-order valence-electron chi connectivity index (χ3n) is 2.49. The number of nitrogens with zero attached hydrogens (tertiary/aromatic N) is 3. The molecule has 0 saturated heterocycles. The van der Waals surface area contributed by atoms with Crippen LogP contribution in [0.2, 0.25) is 0 Å². The summed E-state index contributed by atoms with van der Waals surface area (Å²) in [5.41, 5.74) is 5.02. The molecule has 0 bridgehead atoms. The maximum Gasteiger partial charge on any atom is 0.288 e. The van der Waals surface area contributed by atoms with Gasteiger partial charge in [0, 0.05) is 25.9 Å². The van der Waals surface area contributed by atoms with E-state index < -0.39 is 20.7 Å². The average molecular weight is 302 g/mol. The molecule has 0 aliphatic heterocycles. The van der Waals surface area contributed by atoms with Crippen LogP contribution < -0.4 is 5.73 Å². The Balaban J connectivity index is 2.96. The van der Waals surface area contributed by atoms with E-state index in [0.29, 0.717) is 0 Å². The predicted molar refractivity (Wildman–Crippen MR) is 72.0 cm³/mol. The van der Waals surface area contributed by atoms with Crippen LogP contribution in [-0.2, 0) is 9.84 Å². The zero-order chi connectivity index (χ0) is 15.5. The van der Waals surface area contributed by atoms with E-state index in [1.807, 2.05) is 0 Å². The molecule has 0 aliphatic carbocycles. The van der Waals surface area contributed by atoms with Crippen molar-refractivity contribution in [3.8, 4) is 0 Å². The Morgan fingerprint density at radius 2 is 2.15 bits per heavy atom. The van der Waals surface area contributed by atoms with E-state index in [1.54, 1.807) is 0 Å². The second-order valence-corrected chi connectivity index (χ2v) is 6.50. The summed E-state index contributed by atoms with van der Waals surface area (Å²) in [6.45, 7) is -0.0419. The van der Waals surface area contributed by atoms with Gasteiger partial charge in [-0.25, -0.2) is 13.4 Å². The summed E-state index contributed by atoms with van der Waals surface area (Å²) in [6, 6.07) is 1.02. The lowest BCUT2D eigenvalue weighted by atomic mass is 10.2. The third-order valence-corrected chi connectivity index (χ3v) is 3.41. The van der Waals surface area contributed by atoms with Crippen LogP contribution >= 0.6 is 0 Å². The normalized spacial score (nSPS) is 11.1. The lowest BCUT2D eigenvalue weighted by Gasteiger charge is -2.17. The molecule has 0 unspecified atom stereocenters. The van der Waals surface area contributed by atoms with Gasteiger partial charge in [-0.15, -0.1) is 0 Å². The summed E-state index contributed by atoms with van der Waals surface area (Å²) in [4.78, 5) is 26.7. The van der Waals surface area contributed by atoms with Crippen molar-refractivity contribution in [2.75, 3.05) is 31.3 Å². The second-order valence-electron chi connectivity index (χ2n) is 4.24. The number of nitrogens with two attached hydrogens (primary N) is 1. The number of sulfone groups is 1. The maximum atomic E-state index is 12.0. The Bertz CT molecular complexity index is 643. The molecule has 0 saturated carbocycles. The van der Waals surface area contributed by atoms with Crippen LogP contribution in [0.3, 0.4) is 0 Å². The smallest absolute Gasteiger partial charge is 0.288 e. The molecule has 9 nitrogen and oxygen atoms in total. The zero-order valence-corrected chi connectivity index (χ0v) is 11.8. The highest BCUT2D eigenvalue weighted by molar-refractivity contribution is 7.90. The molecule has 20 heavy (non-hydrogen) atoms. The molecule has 10 heteroatoms. The summed E-state index contributed by atoms with van der Waals surface area (Å²) in [7, 11) is -1.83. The molecule has 1 aromatic heterocycles.